The van der Waals surface area contributed by atoms with Crippen molar-refractivity contribution in [3.05, 3.63) is 48.0 Å². The van der Waals surface area contributed by atoms with Crippen molar-refractivity contribution in [3.63, 3.8) is 0 Å². The van der Waals surface area contributed by atoms with Crippen LogP contribution in [-0.2, 0) is 16.0 Å². The first-order valence-electron chi connectivity index (χ1n) is 8.44. The van der Waals surface area contributed by atoms with E-state index < -0.39 is 0 Å². The molecule has 0 spiro atoms. The standard InChI is InChI=1S/C20H22N2O4/c1-13-12-22(16-7-5-4-6-15(16)21-20(13)24)19(23)11-14-8-9-17(25-2)18(10-14)26-3/h4-10,13H,11-12H2,1-3H3,(H,21,24)/t13-/m0/s1. The van der Waals surface area contributed by atoms with E-state index in [1.54, 1.807) is 31.3 Å². The summed E-state index contributed by atoms with van der Waals surface area (Å²) in [6, 6.07) is 12.8. The maximum absolute atomic E-state index is 13.0. The monoisotopic (exact) mass is 354 g/mol. The zero-order chi connectivity index (χ0) is 18.7. The van der Waals surface area contributed by atoms with Crippen molar-refractivity contribution in [3.8, 4) is 11.5 Å². The first-order chi connectivity index (χ1) is 12.5. The van der Waals surface area contributed by atoms with E-state index in [0.717, 1.165) is 11.3 Å². The van der Waals surface area contributed by atoms with E-state index in [1.807, 2.05) is 37.3 Å². The molecule has 0 aliphatic carbocycles. The topological polar surface area (TPSA) is 67.9 Å². The predicted octanol–water partition coefficient (Wildman–Crippen LogP) is 2.87. The number of fused-ring (bicyclic) bond motifs is 1. The molecular formula is C20H22N2O4. The van der Waals surface area contributed by atoms with Crippen LogP contribution in [0.5, 0.6) is 11.5 Å². The second kappa shape index (κ2) is 7.47. The highest BCUT2D eigenvalue weighted by atomic mass is 16.5. The van der Waals surface area contributed by atoms with Gasteiger partial charge in [-0.15, -0.1) is 0 Å². The molecule has 0 saturated carbocycles. The minimum absolute atomic E-state index is 0.0759. The zero-order valence-corrected chi connectivity index (χ0v) is 15.1. The molecule has 0 fully saturated rings. The third-order valence-electron chi connectivity index (χ3n) is 4.46. The number of rotatable bonds is 4. The van der Waals surface area contributed by atoms with Crippen LogP contribution in [0.3, 0.4) is 0 Å². The molecule has 6 nitrogen and oxygen atoms in total. The maximum atomic E-state index is 13.0. The van der Waals surface area contributed by atoms with Crippen LogP contribution in [0, 0.1) is 5.92 Å². The highest BCUT2D eigenvalue weighted by Gasteiger charge is 2.28. The summed E-state index contributed by atoms with van der Waals surface area (Å²) in [5, 5.41) is 2.88. The lowest BCUT2D eigenvalue weighted by Gasteiger charge is -2.23. The summed E-state index contributed by atoms with van der Waals surface area (Å²) in [6.07, 6.45) is 0.204. The lowest BCUT2D eigenvalue weighted by atomic mass is 10.1. The van der Waals surface area contributed by atoms with E-state index in [9.17, 15) is 9.59 Å². The zero-order valence-electron chi connectivity index (χ0n) is 15.1. The quantitative estimate of drug-likeness (QED) is 0.917. The minimum atomic E-state index is -0.295. The van der Waals surface area contributed by atoms with E-state index >= 15 is 0 Å². The lowest BCUT2D eigenvalue weighted by Crippen LogP contribution is -2.36. The van der Waals surface area contributed by atoms with Crippen LogP contribution < -0.4 is 19.7 Å². The number of benzene rings is 2. The molecule has 1 N–H and O–H groups in total. The van der Waals surface area contributed by atoms with Crippen LogP contribution in [0.4, 0.5) is 11.4 Å². The van der Waals surface area contributed by atoms with Gasteiger partial charge in [0.2, 0.25) is 11.8 Å². The van der Waals surface area contributed by atoms with Gasteiger partial charge in [-0.2, -0.15) is 0 Å². The SMILES string of the molecule is COc1ccc(CC(=O)N2C[C@H](C)C(=O)Nc3ccccc32)cc1OC. The third kappa shape index (κ3) is 3.49. The Hall–Kier alpha value is -3.02. The number of hydrogen-bond donors (Lipinski definition) is 1. The second-order valence-corrected chi connectivity index (χ2v) is 6.28. The van der Waals surface area contributed by atoms with Gasteiger partial charge in [0.25, 0.3) is 0 Å². The number of anilines is 2. The molecule has 26 heavy (non-hydrogen) atoms. The average molecular weight is 354 g/mol. The minimum Gasteiger partial charge on any atom is -0.493 e. The number of hydrogen-bond acceptors (Lipinski definition) is 4. The summed E-state index contributed by atoms with van der Waals surface area (Å²) < 4.78 is 10.5. The van der Waals surface area contributed by atoms with Crippen LogP contribution >= 0.6 is 0 Å². The third-order valence-corrected chi connectivity index (χ3v) is 4.46. The highest BCUT2D eigenvalue weighted by molar-refractivity contribution is 6.04. The van der Waals surface area contributed by atoms with Crippen molar-refractivity contribution in [1.29, 1.82) is 0 Å². The van der Waals surface area contributed by atoms with Gasteiger partial charge in [0, 0.05) is 6.54 Å². The van der Waals surface area contributed by atoms with Crippen molar-refractivity contribution in [2.75, 3.05) is 31.0 Å². The van der Waals surface area contributed by atoms with Gasteiger partial charge < -0.3 is 19.7 Å². The van der Waals surface area contributed by atoms with E-state index in [0.29, 0.717) is 23.7 Å². The van der Waals surface area contributed by atoms with Crippen LogP contribution in [0.1, 0.15) is 12.5 Å². The van der Waals surface area contributed by atoms with Crippen molar-refractivity contribution in [1.82, 2.24) is 0 Å². The Bertz CT molecular complexity index is 834. The Morgan fingerprint density at radius 3 is 2.62 bits per heavy atom. The Balaban J connectivity index is 1.88. The van der Waals surface area contributed by atoms with Crippen LogP contribution in [0.25, 0.3) is 0 Å². The number of methoxy groups -OCH3 is 2. The van der Waals surface area contributed by atoms with E-state index in [2.05, 4.69) is 5.32 Å². The molecule has 2 amide bonds. The Morgan fingerprint density at radius 1 is 1.15 bits per heavy atom. The van der Waals surface area contributed by atoms with Gasteiger partial charge in [0.15, 0.2) is 11.5 Å². The Labute approximate surface area is 152 Å². The molecule has 2 aromatic rings. The number of carbonyl (C=O) groups excluding carboxylic acids is 2. The summed E-state index contributed by atoms with van der Waals surface area (Å²) in [5.41, 5.74) is 2.19. The molecule has 0 unspecified atom stereocenters. The van der Waals surface area contributed by atoms with Crippen molar-refractivity contribution in [2.24, 2.45) is 5.92 Å². The fourth-order valence-corrected chi connectivity index (χ4v) is 3.02. The molecule has 6 heteroatoms. The van der Waals surface area contributed by atoms with Crippen molar-refractivity contribution in [2.45, 2.75) is 13.3 Å². The molecule has 3 rings (SSSR count). The summed E-state index contributed by atoms with van der Waals surface area (Å²) >= 11 is 0. The number of carbonyl (C=O) groups is 2. The Kier molecular flexibility index (Phi) is 5.11. The molecule has 1 heterocycles. The van der Waals surface area contributed by atoms with E-state index in [4.69, 9.17) is 9.47 Å². The van der Waals surface area contributed by atoms with Crippen LogP contribution in [0.15, 0.2) is 42.5 Å². The summed E-state index contributed by atoms with van der Waals surface area (Å²) in [4.78, 5) is 26.9. The number of para-hydroxylation sites is 2. The van der Waals surface area contributed by atoms with Crippen LogP contribution in [-0.4, -0.2) is 32.6 Å². The number of ether oxygens (including phenoxy) is 2. The summed E-state index contributed by atoms with van der Waals surface area (Å²) in [6.45, 7) is 2.16. The normalized spacial score (nSPS) is 16.3. The van der Waals surface area contributed by atoms with Crippen LogP contribution in [0.2, 0.25) is 0 Å². The highest BCUT2D eigenvalue weighted by Crippen LogP contribution is 2.31. The largest absolute Gasteiger partial charge is 0.493 e. The van der Waals surface area contributed by atoms with Crippen molar-refractivity contribution < 1.29 is 19.1 Å². The summed E-state index contributed by atoms with van der Waals surface area (Å²) in [7, 11) is 3.13. The van der Waals surface area contributed by atoms with Crippen molar-refractivity contribution >= 4 is 23.2 Å². The number of nitrogens with one attached hydrogen (secondary N) is 1. The number of nitrogens with zero attached hydrogens (tertiary/aromatic N) is 1. The Morgan fingerprint density at radius 2 is 1.88 bits per heavy atom. The van der Waals surface area contributed by atoms with Gasteiger partial charge >= 0.3 is 0 Å². The van der Waals surface area contributed by atoms with E-state index in [1.165, 1.54) is 0 Å². The smallest absolute Gasteiger partial charge is 0.231 e. The molecule has 1 aliphatic heterocycles. The van der Waals surface area contributed by atoms with Gasteiger partial charge in [-0.05, 0) is 29.8 Å². The predicted molar refractivity (Wildman–Crippen MR) is 99.8 cm³/mol. The first kappa shape index (κ1) is 17.8. The molecule has 0 bridgehead atoms. The number of amides is 2. The molecule has 0 saturated heterocycles. The molecule has 136 valence electrons. The van der Waals surface area contributed by atoms with Gasteiger partial charge in [-0.3, -0.25) is 9.59 Å². The van der Waals surface area contributed by atoms with Gasteiger partial charge in [0.1, 0.15) is 0 Å². The second-order valence-electron chi connectivity index (χ2n) is 6.28. The van der Waals surface area contributed by atoms with E-state index in [-0.39, 0.29) is 24.2 Å². The molecule has 0 aromatic heterocycles. The first-order valence-corrected chi connectivity index (χ1v) is 8.44. The molecule has 1 aliphatic rings. The lowest BCUT2D eigenvalue weighted by molar-refractivity contribution is -0.119. The average Bonchev–Trinajstić information content (AvgIpc) is 2.78. The maximum Gasteiger partial charge on any atom is 0.231 e. The van der Waals surface area contributed by atoms with Gasteiger partial charge in [-0.1, -0.05) is 25.1 Å². The fourth-order valence-electron chi connectivity index (χ4n) is 3.02. The molecule has 1 atom stereocenters. The van der Waals surface area contributed by atoms with Gasteiger partial charge in [0.05, 0.1) is 37.9 Å². The molecular weight excluding hydrogens is 332 g/mol. The fraction of sp³-hybridized carbons (Fsp3) is 0.300. The van der Waals surface area contributed by atoms with Gasteiger partial charge in [-0.25, -0.2) is 0 Å². The summed E-state index contributed by atoms with van der Waals surface area (Å²) in [5.74, 6) is 0.746. The molecule has 2 aromatic carbocycles. The molecule has 0 radical (unpaired) electrons.